The minimum Gasteiger partial charge on any atom is -0.487 e. The number of fused-ring (bicyclic) bond motifs is 6. The van der Waals surface area contributed by atoms with Crippen molar-refractivity contribution >= 4 is 10.8 Å². The van der Waals surface area contributed by atoms with Gasteiger partial charge in [0.2, 0.25) is 0 Å². The van der Waals surface area contributed by atoms with E-state index < -0.39 is 0 Å². The van der Waals surface area contributed by atoms with Crippen LogP contribution in [0.4, 0.5) is 0 Å². The maximum Gasteiger partial charge on any atom is 0.124 e. The molecule has 1 nitrogen and oxygen atoms in total. The maximum absolute atomic E-state index is 6.43. The molecular weight excluding hydrogens is 256 g/mol. The molecule has 1 heterocycles. The van der Waals surface area contributed by atoms with Crippen molar-refractivity contribution in [3.63, 3.8) is 0 Å². The van der Waals surface area contributed by atoms with Gasteiger partial charge in [-0.1, -0.05) is 44.2 Å². The molecule has 4 rings (SSSR count). The van der Waals surface area contributed by atoms with Crippen molar-refractivity contribution < 1.29 is 4.74 Å². The van der Waals surface area contributed by atoms with E-state index in [1.165, 1.54) is 35.6 Å². The quantitative estimate of drug-likeness (QED) is 0.667. The normalized spacial score (nSPS) is 31.0. The van der Waals surface area contributed by atoms with Crippen LogP contribution >= 0.6 is 0 Å². The van der Waals surface area contributed by atoms with Crippen LogP contribution in [0.5, 0.6) is 5.75 Å². The van der Waals surface area contributed by atoms with E-state index in [1.807, 2.05) is 0 Å². The summed E-state index contributed by atoms with van der Waals surface area (Å²) in [4.78, 5) is 0. The molecule has 2 bridgehead atoms. The molecule has 1 fully saturated rings. The van der Waals surface area contributed by atoms with Crippen LogP contribution in [0.1, 0.15) is 51.5 Å². The van der Waals surface area contributed by atoms with E-state index in [1.54, 1.807) is 0 Å². The first-order valence-corrected chi connectivity index (χ1v) is 8.28. The van der Waals surface area contributed by atoms with Gasteiger partial charge in [0, 0.05) is 5.56 Å². The lowest BCUT2D eigenvalue weighted by Crippen LogP contribution is -2.45. The highest BCUT2D eigenvalue weighted by atomic mass is 16.5. The van der Waals surface area contributed by atoms with Gasteiger partial charge in [-0.25, -0.2) is 0 Å². The predicted molar refractivity (Wildman–Crippen MR) is 87.9 cm³/mol. The van der Waals surface area contributed by atoms with Crippen molar-refractivity contribution in [2.45, 2.75) is 51.6 Å². The Morgan fingerprint density at radius 2 is 1.95 bits per heavy atom. The Balaban J connectivity index is 1.95. The van der Waals surface area contributed by atoms with Crippen molar-refractivity contribution in [2.24, 2.45) is 11.8 Å². The molecule has 2 aliphatic rings. The van der Waals surface area contributed by atoms with Crippen LogP contribution in [-0.2, 0) is 0 Å². The molecule has 0 amide bonds. The molecule has 0 unspecified atom stereocenters. The van der Waals surface area contributed by atoms with E-state index in [2.05, 4.69) is 57.2 Å². The van der Waals surface area contributed by atoms with E-state index in [-0.39, 0.29) is 5.60 Å². The zero-order chi connectivity index (χ0) is 14.6. The summed E-state index contributed by atoms with van der Waals surface area (Å²) in [5.74, 6) is 3.31. The molecule has 0 aromatic heterocycles. The zero-order valence-corrected chi connectivity index (χ0v) is 13.2. The average Bonchev–Trinajstić information content (AvgIpc) is 2.45. The van der Waals surface area contributed by atoms with Crippen LogP contribution in [0, 0.1) is 11.8 Å². The molecule has 0 spiro atoms. The second kappa shape index (κ2) is 4.50. The van der Waals surface area contributed by atoms with Gasteiger partial charge in [-0.15, -0.1) is 0 Å². The predicted octanol–water partition coefficient (Wildman–Crippen LogP) is 5.53. The molecule has 0 radical (unpaired) electrons. The van der Waals surface area contributed by atoms with Crippen molar-refractivity contribution in [3.8, 4) is 5.75 Å². The van der Waals surface area contributed by atoms with Crippen LogP contribution in [0.15, 0.2) is 36.4 Å². The van der Waals surface area contributed by atoms with Crippen LogP contribution in [0.3, 0.4) is 0 Å². The Bertz CT molecular complexity index is 687. The van der Waals surface area contributed by atoms with E-state index in [4.69, 9.17) is 4.74 Å². The fourth-order valence-electron chi connectivity index (χ4n) is 4.61. The summed E-state index contributed by atoms with van der Waals surface area (Å²) in [6, 6.07) is 13.2. The van der Waals surface area contributed by atoms with Gasteiger partial charge < -0.3 is 4.74 Å². The number of hydrogen-bond donors (Lipinski definition) is 0. The van der Waals surface area contributed by atoms with Crippen molar-refractivity contribution in [1.82, 2.24) is 0 Å². The van der Waals surface area contributed by atoms with E-state index in [0.717, 1.165) is 17.6 Å². The minimum atomic E-state index is 0.0471. The Labute approximate surface area is 127 Å². The third kappa shape index (κ3) is 1.97. The van der Waals surface area contributed by atoms with Crippen LogP contribution in [0.2, 0.25) is 0 Å². The van der Waals surface area contributed by atoms with Gasteiger partial charge in [0.1, 0.15) is 11.4 Å². The summed E-state index contributed by atoms with van der Waals surface area (Å²) < 4.78 is 6.43. The summed E-state index contributed by atoms with van der Waals surface area (Å²) in [6.07, 6.45) is 3.66. The lowest BCUT2D eigenvalue weighted by atomic mass is 9.64. The van der Waals surface area contributed by atoms with Gasteiger partial charge in [0.25, 0.3) is 0 Å². The first kappa shape index (κ1) is 13.2. The van der Waals surface area contributed by atoms with Crippen LogP contribution in [0.25, 0.3) is 10.8 Å². The largest absolute Gasteiger partial charge is 0.487 e. The third-order valence-electron chi connectivity index (χ3n) is 5.69. The molecular formula is C20H24O. The number of hydrogen-bond acceptors (Lipinski definition) is 1. The zero-order valence-electron chi connectivity index (χ0n) is 13.2. The fourth-order valence-corrected chi connectivity index (χ4v) is 4.61. The van der Waals surface area contributed by atoms with E-state index >= 15 is 0 Å². The monoisotopic (exact) mass is 280 g/mol. The number of ether oxygens (including phenoxy) is 1. The molecule has 3 atom stereocenters. The number of benzene rings is 2. The number of rotatable bonds is 1. The molecule has 110 valence electrons. The molecule has 0 saturated heterocycles. The Morgan fingerprint density at radius 3 is 2.76 bits per heavy atom. The van der Waals surface area contributed by atoms with Crippen molar-refractivity contribution in [1.29, 1.82) is 0 Å². The lowest BCUT2D eigenvalue weighted by Gasteiger charge is -2.49. The van der Waals surface area contributed by atoms with Crippen molar-refractivity contribution in [2.75, 3.05) is 0 Å². The Kier molecular flexibility index (Phi) is 2.82. The van der Waals surface area contributed by atoms with Crippen LogP contribution in [-0.4, -0.2) is 5.60 Å². The van der Waals surface area contributed by atoms with Gasteiger partial charge in [0.15, 0.2) is 0 Å². The second-order valence-corrected chi connectivity index (χ2v) is 7.51. The summed E-state index contributed by atoms with van der Waals surface area (Å²) >= 11 is 0. The fraction of sp³-hybridized carbons (Fsp3) is 0.500. The van der Waals surface area contributed by atoms with Crippen molar-refractivity contribution in [3.05, 3.63) is 42.0 Å². The average molecular weight is 280 g/mol. The SMILES string of the molecule is CC(C)[C@@H]1CC[C@]2(C)C[C@H]1c1c(ccc3ccccc13)O2. The molecule has 21 heavy (non-hydrogen) atoms. The molecule has 1 aliphatic heterocycles. The molecule has 1 aliphatic carbocycles. The first-order chi connectivity index (χ1) is 10.1. The lowest BCUT2D eigenvalue weighted by molar-refractivity contribution is -0.00692. The topological polar surface area (TPSA) is 9.23 Å². The summed E-state index contributed by atoms with van der Waals surface area (Å²) in [5.41, 5.74) is 1.52. The Hall–Kier alpha value is -1.50. The molecule has 1 heteroatoms. The standard InChI is InChI=1S/C20H24O/c1-13(2)15-10-11-20(3)12-17(15)19-16-7-5-4-6-14(16)8-9-18(19)21-20/h4-9,13,15,17H,10-12H2,1-3H3/t15-,17+,20+/m0/s1. The molecule has 0 N–H and O–H groups in total. The molecule has 2 aromatic carbocycles. The first-order valence-electron chi connectivity index (χ1n) is 8.28. The highest BCUT2D eigenvalue weighted by Gasteiger charge is 2.46. The summed E-state index contributed by atoms with van der Waals surface area (Å²) in [6.45, 7) is 7.07. The van der Waals surface area contributed by atoms with Crippen LogP contribution < -0.4 is 4.74 Å². The minimum absolute atomic E-state index is 0.0471. The van der Waals surface area contributed by atoms with Gasteiger partial charge in [-0.05, 0) is 60.8 Å². The Morgan fingerprint density at radius 1 is 1.14 bits per heavy atom. The molecule has 2 aromatic rings. The maximum atomic E-state index is 6.43. The summed E-state index contributed by atoms with van der Waals surface area (Å²) in [7, 11) is 0. The third-order valence-corrected chi connectivity index (χ3v) is 5.69. The van der Waals surface area contributed by atoms with E-state index in [0.29, 0.717) is 5.92 Å². The van der Waals surface area contributed by atoms with Gasteiger partial charge >= 0.3 is 0 Å². The highest BCUT2D eigenvalue weighted by Crippen LogP contribution is 2.54. The smallest absolute Gasteiger partial charge is 0.124 e. The van der Waals surface area contributed by atoms with Gasteiger partial charge in [-0.3, -0.25) is 0 Å². The second-order valence-electron chi connectivity index (χ2n) is 7.51. The van der Waals surface area contributed by atoms with E-state index in [9.17, 15) is 0 Å². The van der Waals surface area contributed by atoms with Gasteiger partial charge in [0.05, 0.1) is 0 Å². The molecule has 1 saturated carbocycles. The van der Waals surface area contributed by atoms with Gasteiger partial charge in [-0.2, -0.15) is 0 Å². The highest BCUT2D eigenvalue weighted by molar-refractivity contribution is 5.88. The summed E-state index contributed by atoms with van der Waals surface area (Å²) in [5, 5.41) is 2.74.